The molecule has 0 aliphatic heterocycles. The second kappa shape index (κ2) is 8.65. The SMILES string of the molecule is CC(C)(C)c1ccc(C(=O)O/N=C(\c2ccncc2)c2ccc([N+](=O)[O-])cc2)cc1. The molecule has 0 bridgehead atoms. The van der Waals surface area contributed by atoms with Crippen molar-refractivity contribution in [3.63, 3.8) is 0 Å². The van der Waals surface area contributed by atoms with Gasteiger partial charge in [-0.25, -0.2) is 4.79 Å². The zero-order valence-corrected chi connectivity index (χ0v) is 16.9. The van der Waals surface area contributed by atoms with Crippen molar-refractivity contribution in [1.82, 2.24) is 4.98 Å². The first-order valence-electron chi connectivity index (χ1n) is 9.31. The highest BCUT2D eigenvalue weighted by Gasteiger charge is 2.16. The molecule has 1 aromatic heterocycles. The largest absolute Gasteiger partial charge is 0.365 e. The van der Waals surface area contributed by atoms with Gasteiger partial charge in [0.2, 0.25) is 0 Å². The maximum absolute atomic E-state index is 12.5. The van der Waals surface area contributed by atoms with Gasteiger partial charge in [-0.15, -0.1) is 0 Å². The molecule has 3 rings (SSSR count). The molecule has 30 heavy (non-hydrogen) atoms. The Balaban J connectivity index is 1.88. The Morgan fingerprint density at radius 1 is 0.900 bits per heavy atom. The van der Waals surface area contributed by atoms with Crippen LogP contribution in [0, 0.1) is 10.1 Å². The zero-order chi connectivity index (χ0) is 21.7. The number of hydrogen-bond acceptors (Lipinski definition) is 6. The van der Waals surface area contributed by atoms with Crippen LogP contribution in [0.25, 0.3) is 0 Å². The number of aromatic nitrogens is 1. The quantitative estimate of drug-likeness (QED) is 0.261. The van der Waals surface area contributed by atoms with Crippen LogP contribution < -0.4 is 0 Å². The van der Waals surface area contributed by atoms with E-state index in [0.29, 0.717) is 22.4 Å². The summed E-state index contributed by atoms with van der Waals surface area (Å²) in [6, 6.07) is 16.5. The molecule has 0 saturated carbocycles. The van der Waals surface area contributed by atoms with Crippen LogP contribution in [-0.4, -0.2) is 21.6 Å². The van der Waals surface area contributed by atoms with Gasteiger partial charge in [0.25, 0.3) is 5.69 Å². The minimum atomic E-state index is -0.594. The van der Waals surface area contributed by atoms with Crippen LogP contribution in [0.2, 0.25) is 0 Å². The molecule has 0 spiro atoms. The van der Waals surface area contributed by atoms with Crippen LogP contribution in [0.3, 0.4) is 0 Å². The van der Waals surface area contributed by atoms with Crippen LogP contribution in [0.1, 0.15) is 47.8 Å². The van der Waals surface area contributed by atoms with Crippen molar-refractivity contribution < 1.29 is 14.6 Å². The molecule has 2 aromatic carbocycles. The molecule has 152 valence electrons. The fraction of sp³-hybridized carbons (Fsp3) is 0.174. The van der Waals surface area contributed by atoms with E-state index in [9.17, 15) is 14.9 Å². The minimum absolute atomic E-state index is 0.0228. The zero-order valence-electron chi connectivity index (χ0n) is 16.9. The lowest BCUT2D eigenvalue weighted by Crippen LogP contribution is -2.12. The Morgan fingerprint density at radius 3 is 1.97 bits per heavy atom. The van der Waals surface area contributed by atoms with E-state index in [1.165, 1.54) is 12.1 Å². The van der Waals surface area contributed by atoms with Gasteiger partial charge >= 0.3 is 5.97 Å². The maximum atomic E-state index is 12.5. The minimum Gasteiger partial charge on any atom is -0.312 e. The molecule has 0 fully saturated rings. The molecule has 0 amide bonds. The molecule has 1 heterocycles. The molecule has 0 aliphatic rings. The van der Waals surface area contributed by atoms with E-state index >= 15 is 0 Å². The smallest absolute Gasteiger partial charge is 0.312 e. The first-order chi connectivity index (χ1) is 14.3. The number of carbonyl (C=O) groups is 1. The molecular formula is C23H21N3O4. The van der Waals surface area contributed by atoms with Crippen molar-refractivity contribution in [2.24, 2.45) is 5.16 Å². The van der Waals surface area contributed by atoms with Crippen molar-refractivity contribution in [3.8, 4) is 0 Å². The summed E-state index contributed by atoms with van der Waals surface area (Å²) in [6.07, 6.45) is 3.17. The topological polar surface area (TPSA) is 94.7 Å². The number of pyridine rings is 1. The van der Waals surface area contributed by atoms with Gasteiger partial charge in [0.15, 0.2) is 0 Å². The molecular weight excluding hydrogens is 382 g/mol. The summed E-state index contributed by atoms with van der Waals surface area (Å²) in [5.74, 6) is -0.594. The van der Waals surface area contributed by atoms with Crippen molar-refractivity contribution in [1.29, 1.82) is 0 Å². The molecule has 0 unspecified atom stereocenters. The van der Waals surface area contributed by atoms with Crippen LogP contribution in [-0.2, 0) is 10.3 Å². The number of oxime groups is 1. The molecule has 0 saturated heterocycles. The Hall–Kier alpha value is -3.87. The van der Waals surface area contributed by atoms with E-state index < -0.39 is 10.9 Å². The fourth-order valence-corrected chi connectivity index (χ4v) is 2.77. The van der Waals surface area contributed by atoms with Gasteiger partial charge in [-0.3, -0.25) is 15.1 Å². The third-order valence-electron chi connectivity index (χ3n) is 4.51. The summed E-state index contributed by atoms with van der Waals surface area (Å²) >= 11 is 0. The fourth-order valence-electron chi connectivity index (χ4n) is 2.77. The van der Waals surface area contributed by atoms with Gasteiger partial charge in [-0.05, 0) is 47.4 Å². The Kier molecular flexibility index (Phi) is 6.01. The number of non-ortho nitro benzene ring substituents is 1. The summed E-state index contributed by atoms with van der Waals surface area (Å²) in [4.78, 5) is 32.1. The predicted octanol–water partition coefficient (Wildman–Crippen LogP) is 4.90. The van der Waals surface area contributed by atoms with Gasteiger partial charge in [-0.1, -0.05) is 38.1 Å². The first-order valence-corrected chi connectivity index (χ1v) is 9.31. The van der Waals surface area contributed by atoms with Gasteiger partial charge < -0.3 is 4.84 Å². The second-order valence-corrected chi connectivity index (χ2v) is 7.69. The Bertz CT molecular complexity index is 1070. The number of carbonyl (C=O) groups excluding carboxylic acids is 1. The number of nitro benzene ring substituents is 1. The first kappa shape index (κ1) is 20.9. The molecule has 7 nitrogen and oxygen atoms in total. The molecule has 0 aliphatic carbocycles. The molecule has 0 atom stereocenters. The third kappa shape index (κ3) is 4.94. The van der Waals surface area contributed by atoms with Crippen LogP contribution in [0.5, 0.6) is 0 Å². The van der Waals surface area contributed by atoms with Crippen molar-refractivity contribution >= 4 is 17.4 Å². The van der Waals surface area contributed by atoms with Gasteiger partial charge in [0, 0.05) is 35.7 Å². The van der Waals surface area contributed by atoms with E-state index in [1.807, 2.05) is 12.1 Å². The second-order valence-electron chi connectivity index (χ2n) is 7.69. The Morgan fingerprint density at radius 2 is 1.43 bits per heavy atom. The summed E-state index contributed by atoms with van der Waals surface area (Å²) in [5.41, 5.74) is 3.02. The van der Waals surface area contributed by atoms with Crippen molar-refractivity contribution in [2.45, 2.75) is 26.2 Å². The monoisotopic (exact) mass is 403 g/mol. The predicted molar refractivity (Wildman–Crippen MR) is 114 cm³/mol. The van der Waals surface area contributed by atoms with Crippen LogP contribution >= 0.6 is 0 Å². The lowest BCUT2D eigenvalue weighted by Gasteiger charge is -2.18. The van der Waals surface area contributed by atoms with Gasteiger partial charge in [0.05, 0.1) is 10.5 Å². The van der Waals surface area contributed by atoms with Crippen LogP contribution in [0.4, 0.5) is 5.69 Å². The van der Waals surface area contributed by atoms with E-state index in [-0.39, 0.29) is 11.1 Å². The number of nitrogens with zero attached hydrogens (tertiary/aromatic N) is 3. The number of benzene rings is 2. The standard InChI is InChI=1S/C23H21N3O4/c1-23(2,3)19-8-4-18(5-9-19)22(27)30-25-21(17-12-14-24-15-13-17)16-6-10-20(11-7-16)26(28)29/h4-15H,1-3H3/b25-21-. The summed E-state index contributed by atoms with van der Waals surface area (Å²) < 4.78 is 0. The lowest BCUT2D eigenvalue weighted by molar-refractivity contribution is -0.384. The van der Waals surface area contributed by atoms with E-state index in [1.54, 1.807) is 48.8 Å². The van der Waals surface area contributed by atoms with Crippen molar-refractivity contribution in [3.05, 3.63) is 105 Å². The summed E-state index contributed by atoms with van der Waals surface area (Å²) in [5, 5.41) is 15.0. The highest BCUT2D eigenvalue weighted by molar-refractivity contribution is 6.12. The molecule has 0 N–H and O–H groups in total. The van der Waals surface area contributed by atoms with Gasteiger partial charge in [0.1, 0.15) is 5.71 Å². The third-order valence-corrected chi connectivity index (χ3v) is 4.51. The number of nitro groups is 1. The number of hydrogen-bond donors (Lipinski definition) is 0. The van der Waals surface area contributed by atoms with Gasteiger partial charge in [-0.2, -0.15) is 0 Å². The summed E-state index contributed by atoms with van der Waals surface area (Å²) in [7, 11) is 0. The lowest BCUT2D eigenvalue weighted by atomic mass is 9.87. The maximum Gasteiger partial charge on any atom is 0.365 e. The normalized spacial score (nSPS) is 11.8. The van der Waals surface area contributed by atoms with E-state index in [4.69, 9.17) is 4.84 Å². The Labute approximate surface area is 174 Å². The van der Waals surface area contributed by atoms with Crippen molar-refractivity contribution in [2.75, 3.05) is 0 Å². The highest BCUT2D eigenvalue weighted by Crippen LogP contribution is 2.22. The number of rotatable bonds is 5. The van der Waals surface area contributed by atoms with E-state index in [0.717, 1.165) is 5.56 Å². The van der Waals surface area contributed by atoms with E-state index in [2.05, 4.69) is 30.9 Å². The average Bonchev–Trinajstić information content (AvgIpc) is 2.74. The molecule has 3 aromatic rings. The highest BCUT2D eigenvalue weighted by atomic mass is 16.7. The van der Waals surface area contributed by atoms with Crippen LogP contribution in [0.15, 0.2) is 78.2 Å². The summed E-state index contributed by atoms with van der Waals surface area (Å²) in [6.45, 7) is 6.28. The molecule has 7 heteroatoms. The molecule has 0 radical (unpaired) electrons. The average molecular weight is 403 g/mol.